The second-order valence-corrected chi connectivity index (χ2v) is 4.35. The molecule has 0 aliphatic rings. The normalized spacial score (nSPS) is 10.6. The van der Waals surface area contributed by atoms with E-state index >= 15 is 0 Å². The molecule has 0 atom stereocenters. The highest BCUT2D eigenvalue weighted by Crippen LogP contribution is 2.29. The fourth-order valence-corrected chi connectivity index (χ4v) is 2.15. The first-order valence-corrected chi connectivity index (χ1v) is 5.24. The van der Waals surface area contributed by atoms with Crippen molar-refractivity contribution in [2.24, 2.45) is 0 Å². The van der Waals surface area contributed by atoms with Gasteiger partial charge in [-0.2, -0.15) is 0 Å². The molecule has 0 spiro atoms. The average Bonchev–Trinajstić information content (AvgIpc) is 2.46. The number of aliphatic hydroxyl groups excluding tert-OH is 1. The summed E-state index contributed by atoms with van der Waals surface area (Å²) in [6.45, 7) is 5.42. The van der Waals surface area contributed by atoms with Crippen molar-refractivity contribution in [1.29, 1.82) is 0 Å². The lowest BCUT2D eigenvalue weighted by Crippen LogP contribution is -2.05. The molecule has 1 heterocycles. The van der Waals surface area contributed by atoms with Crippen molar-refractivity contribution < 1.29 is 9.90 Å². The molecule has 78 valence electrons. The van der Waals surface area contributed by atoms with Crippen LogP contribution in [0.2, 0.25) is 0 Å². The van der Waals surface area contributed by atoms with Gasteiger partial charge in [0.05, 0.1) is 12.3 Å². The highest BCUT2D eigenvalue weighted by atomic mass is 32.1. The van der Waals surface area contributed by atoms with Crippen LogP contribution in [0, 0.1) is 0 Å². The highest BCUT2D eigenvalue weighted by Gasteiger charge is 2.13. The molecule has 0 aromatic carbocycles. The maximum absolute atomic E-state index is 10.8. The number of hydrogen-bond donors (Lipinski definition) is 2. The molecule has 0 aliphatic carbocycles. The Labute approximate surface area is 87.0 Å². The molecule has 1 aromatic rings. The number of aromatic nitrogens is 1. The zero-order valence-electron chi connectivity index (χ0n) is 8.50. The SMILES string of the molecule is CC(=O)Nc1nc(CO)c(C(C)C)s1. The van der Waals surface area contributed by atoms with Crippen molar-refractivity contribution >= 4 is 22.4 Å². The number of nitrogens with one attached hydrogen (secondary N) is 1. The second-order valence-electron chi connectivity index (χ2n) is 3.32. The molecule has 1 amide bonds. The van der Waals surface area contributed by atoms with Crippen LogP contribution in [0.3, 0.4) is 0 Å². The van der Waals surface area contributed by atoms with Crippen LogP contribution in [0.15, 0.2) is 0 Å². The Balaban J connectivity index is 2.94. The maximum Gasteiger partial charge on any atom is 0.223 e. The number of thiazole rings is 1. The first kappa shape index (κ1) is 11.1. The number of hydrogen-bond acceptors (Lipinski definition) is 4. The van der Waals surface area contributed by atoms with Crippen molar-refractivity contribution in [2.45, 2.75) is 33.3 Å². The van der Waals surface area contributed by atoms with Crippen LogP contribution in [0.4, 0.5) is 5.13 Å². The molecular weight excluding hydrogens is 200 g/mol. The van der Waals surface area contributed by atoms with Gasteiger partial charge in [0.1, 0.15) is 0 Å². The summed E-state index contributed by atoms with van der Waals surface area (Å²) >= 11 is 1.42. The Kier molecular flexibility index (Phi) is 3.60. The summed E-state index contributed by atoms with van der Waals surface area (Å²) in [6.07, 6.45) is 0. The smallest absolute Gasteiger partial charge is 0.223 e. The van der Waals surface area contributed by atoms with Crippen molar-refractivity contribution in [3.05, 3.63) is 10.6 Å². The van der Waals surface area contributed by atoms with E-state index in [1.54, 1.807) is 0 Å². The quantitative estimate of drug-likeness (QED) is 0.805. The molecule has 0 aliphatic heterocycles. The van der Waals surface area contributed by atoms with Gasteiger partial charge >= 0.3 is 0 Å². The third-order valence-electron chi connectivity index (χ3n) is 1.68. The topological polar surface area (TPSA) is 62.2 Å². The first-order valence-electron chi connectivity index (χ1n) is 4.42. The zero-order valence-corrected chi connectivity index (χ0v) is 9.31. The summed E-state index contributed by atoms with van der Waals surface area (Å²) in [7, 11) is 0. The van der Waals surface area contributed by atoms with Crippen LogP contribution >= 0.6 is 11.3 Å². The standard InChI is InChI=1S/C9H14N2O2S/c1-5(2)8-7(4-12)11-9(14-8)10-6(3)13/h5,12H,4H2,1-3H3,(H,10,11,13). The number of anilines is 1. The molecule has 1 aromatic heterocycles. The summed E-state index contributed by atoms with van der Waals surface area (Å²) in [5.74, 6) is 0.177. The van der Waals surface area contributed by atoms with Gasteiger partial charge in [0.2, 0.25) is 5.91 Å². The number of amides is 1. The van der Waals surface area contributed by atoms with Gasteiger partial charge in [0, 0.05) is 11.8 Å². The van der Waals surface area contributed by atoms with E-state index < -0.39 is 0 Å². The van der Waals surface area contributed by atoms with Crippen molar-refractivity contribution in [1.82, 2.24) is 4.98 Å². The lowest BCUT2D eigenvalue weighted by Gasteiger charge is -2.00. The fourth-order valence-electron chi connectivity index (χ4n) is 1.13. The van der Waals surface area contributed by atoms with Crippen LogP contribution in [0.1, 0.15) is 37.3 Å². The van der Waals surface area contributed by atoms with E-state index in [9.17, 15) is 4.79 Å². The van der Waals surface area contributed by atoms with E-state index in [4.69, 9.17) is 5.11 Å². The summed E-state index contributed by atoms with van der Waals surface area (Å²) in [5, 5.41) is 12.2. The fraction of sp³-hybridized carbons (Fsp3) is 0.556. The largest absolute Gasteiger partial charge is 0.390 e. The second kappa shape index (κ2) is 4.52. The molecule has 0 unspecified atom stereocenters. The summed E-state index contributed by atoms with van der Waals surface area (Å²) in [5.41, 5.74) is 0.661. The van der Waals surface area contributed by atoms with Gasteiger partial charge in [-0.25, -0.2) is 4.98 Å². The van der Waals surface area contributed by atoms with E-state index in [1.807, 2.05) is 13.8 Å². The van der Waals surface area contributed by atoms with Crippen molar-refractivity contribution in [3.8, 4) is 0 Å². The van der Waals surface area contributed by atoms with Crippen LogP contribution in [0.5, 0.6) is 0 Å². The predicted octanol–water partition coefficient (Wildman–Crippen LogP) is 1.72. The summed E-state index contributed by atoms with van der Waals surface area (Å²) in [6, 6.07) is 0. The number of rotatable bonds is 3. The lowest BCUT2D eigenvalue weighted by molar-refractivity contribution is -0.114. The van der Waals surface area contributed by atoms with Crippen LogP contribution in [-0.4, -0.2) is 16.0 Å². The Hall–Kier alpha value is -0.940. The first-order chi connectivity index (χ1) is 6.54. The minimum Gasteiger partial charge on any atom is -0.390 e. The van der Waals surface area contributed by atoms with Gasteiger partial charge < -0.3 is 10.4 Å². The number of aliphatic hydroxyl groups is 1. The van der Waals surface area contributed by atoms with Gasteiger partial charge in [0.25, 0.3) is 0 Å². The monoisotopic (exact) mass is 214 g/mol. The third-order valence-corrected chi connectivity index (χ3v) is 3.00. The molecule has 4 nitrogen and oxygen atoms in total. The van der Waals surface area contributed by atoms with Crippen LogP contribution < -0.4 is 5.32 Å². The Morgan fingerprint density at radius 1 is 1.64 bits per heavy atom. The molecule has 0 saturated heterocycles. The molecule has 0 saturated carbocycles. The molecule has 2 N–H and O–H groups in total. The molecule has 1 rings (SSSR count). The van der Waals surface area contributed by atoms with Gasteiger partial charge in [-0.1, -0.05) is 13.8 Å². The van der Waals surface area contributed by atoms with E-state index in [1.165, 1.54) is 18.3 Å². The lowest BCUT2D eigenvalue weighted by atomic mass is 10.1. The predicted molar refractivity (Wildman–Crippen MR) is 56.4 cm³/mol. The molecule has 0 radical (unpaired) electrons. The number of nitrogens with zero attached hydrogens (tertiary/aromatic N) is 1. The van der Waals surface area contributed by atoms with Gasteiger partial charge in [-0.05, 0) is 5.92 Å². The molecule has 0 bridgehead atoms. The number of carbonyl (C=O) groups excluding carboxylic acids is 1. The molecule has 0 fully saturated rings. The van der Waals surface area contributed by atoms with Gasteiger partial charge in [-0.3, -0.25) is 4.79 Å². The van der Waals surface area contributed by atoms with Crippen LogP contribution in [0.25, 0.3) is 0 Å². The third kappa shape index (κ3) is 2.52. The summed E-state index contributed by atoms with van der Waals surface area (Å²) in [4.78, 5) is 15.9. The minimum absolute atomic E-state index is 0.0798. The average molecular weight is 214 g/mol. The van der Waals surface area contributed by atoms with E-state index in [0.717, 1.165) is 4.88 Å². The zero-order chi connectivity index (χ0) is 10.7. The Morgan fingerprint density at radius 2 is 2.29 bits per heavy atom. The van der Waals surface area contributed by atoms with Crippen molar-refractivity contribution in [2.75, 3.05) is 5.32 Å². The van der Waals surface area contributed by atoms with Crippen LogP contribution in [-0.2, 0) is 11.4 Å². The maximum atomic E-state index is 10.8. The van der Waals surface area contributed by atoms with Gasteiger partial charge in [0.15, 0.2) is 5.13 Å². The van der Waals surface area contributed by atoms with E-state index in [2.05, 4.69) is 10.3 Å². The summed E-state index contributed by atoms with van der Waals surface area (Å²) < 4.78 is 0. The van der Waals surface area contributed by atoms with Crippen molar-refractivity contribution in [3.63, 3.8) is 0 Å². The Morgan fingerprint density at radius 3 is 2.64 bits per heavy atom. The molecule has 5 heteroatoms. The number of carbonyl (C=O) groups is 1. The van der Waals surface area contributed by atoms with Gasteiger partial charge in [-0.15, -0.1) is 11.3 Å². The molecular formula is C9H14N2O2S. The molecule has 14 heavy (non-hydrogen) atoms. The van der Waals surface area contributed by atoms with E-state index in [0.29, 0.717) is 16.7 Å². The highest BCUT2D eigenvalue weighted by molar-refractivity contribution is 7.16. The minimum atomic E-state index is -0.140. The Bertz CT molecular complexity index is 334. The van der Waals surface area contributed by atoms with E-state index in [-0.39, 0.29) is 12.5 Å².